The van der Waals surface area contributed by atoms with E-state index in [2.05, 4.69) is 45.2 Å². The Balaban J connectivity index is 1.11. The lowest BCUT2D eigenvalue weighted by atomic mass is 9.75. The molecule has 1 aliphatic heterocycles. The molecule has 39 heavy (non-hydrogen) atoms. The first kappa shape index (κ1) is 26.0. The van der Waals surface area contributed by atoms with Crippen LogP contribution in [0.15, 0.2) is 71.5 Å². The van der Waals surface area contributed by atoms with Crippen molar-refractivity contribution in [1.82, 2.24) is 9.88 Å². The van der Waals surface area contributed by atoms with Gasteiger partial charge in [-0.3, -0.25) is 0 Å². The SMILES string of the molecule is O=C(O)COC1(c2cccnc2Br)CCC2(CCN(C(=O)OCC3c4ccccc4-c4ccccc43)CC2)C1. The number of fused-ring (bicyclic) bond motifs is 3. The number of hydrogen-bond donors (Lipinski definition) is 1. The number of pyridine rings is 1. The Hall–Kier alpha value is -3.23. The first-order chi connectivity index (χ1) is 18.9. The fourth-order valence-corrected chi connectivity index (χ4v) is 7.49. The Morgan fingerprint density at radius 1 is 0.949 bits per heavy atom. The number of benzene rings is 2. The molecule has 202 valence electrons. The molecule has 3 aromatic rings. The van der Waals surface area contributed by atoms with E-state index >= 15 is 0 Å². The largest absolute Gasteiger partial charge is 0.480 e. The summed E-state index contributed by atoms with van der Waals surface area (Å²) in [6.07, 6.45) is 5.42. The van der Waals surface area contributed by atoms with Gasteiger partial charge >= 0.3 is 12.1 Å². The summed E-state index contributed by atoms with van der Waals surface area (Å²) in [7, 11) is 0. The van der Waals surface area contributed by atoms with E-state index in [0.29, 0.717) is 30.7 Å². The number of rotatable bonds is 6. The monoisotopic (exact) mass is 590 g/mol. The number of carboxylic acid groups (broad SMARTS) is 1. The first-order valence-electron chi connectivity index (χ1n) is 13.5. The second kappa shape index (κ2) is 10.4. The van der Waals surface area contributed by atoms with E-state index in [9.17, 15) is 14.7 Å². The quantitative estimate of drug-likeness (QED) is 0.336. The van der Waals surface area contributed by atoms with Gasteiger partial charge in [0.2, 0.25) is 0 Å². The normalized spacial score (nSPS) is 21.5. The van der Waals surface area contributed by atoms with Crippen molar-refractivity contribution >= 4 is 28.0 Å². The third kappa shape index (κ3) is 4.85. The Bertz CT molecular complexity index is 1360. The van der Waals surface area contributed by atoms with E-state index in [1.165, 1.54) is 22.3 Å². The number of aliphatic carboxylic acids is 1. The minimum absolute atomic E-state index is 0.0199. The van der Waals surface area contributed by atoms with Crippen LogP contribution in [-0.4, -0.2) is 53.4 Å². The van der Waals surface area contributed by atoms with Crippen LogP contribution in [-0.2, 0) is 19.9 Å². The van der Waals surface area contributed by atoms with Gasteiger partial charge in [0.05, 0.1) is 5.60 Å². The van der Waals surface area contributed by atoms with Gasteiger partial charge in [-0.1, -0.05) is 54.6 Å². The van der Waals surface area contributed by atoms with E-state index in [1.807, 2.05) is 41.3 Å². The zero-order chi connectivity index (χ0) is 27.0. The number of ether oxygens (including phenoxy) is 2. The van der Waals surface area contributed by atoms with Crippen LogP contribution in [0.3, 0.4) is 0 Å². The van der Waals surface area contributed by atoms with Crippen LogP contribution in [0.25, 0.3) is 11.1 Å². The number of carboxylic acids is 1. The second-order valence-electron chi connectivity index (χ2n) is 11.0. The molecule has 2 aliphatic carbocycles. The smallest absolute Gasteiger partial charge is 0.409 e. The number of carbonyl (C=O) groups excluding carboxylic acids is 1. The molecule has 2 aromatic carbocycles. The molecular weight excluding hydrogens is 560 g/mol. The summed E-state index contributed by atoms with van der Waals surface area (Å²) in [4.78, 5) is 30.7. The lowest BCUT2D eigenvalue weighted by molar-refractivity contribution is -0.151. The Morgan fingerprint density at radius 3 is 2.26 bits per heavy atom. The van der Waals surface area contributed by atoms with Crippen LogP contribution < -0.4 is 0 Å². The van der Waals surface area contributed by atoms with Crippen molar-refractivity contribution in [3.05, 3.63) is 88.2 Å². The molecule has 0 radical (unpaired) electrons. The summed E-state index contributed by atoms with van der Waals surface area (Å²) < 4.78 is 12.7. The summed E-state index contributed by atoms with van der Waals surface area (Å²) in [5.74, 6) is -0.947. The van der Waals surface area contributed by atoms with Gasteiger partial charge in [0.1, 0.15) is 17.8 Å². The van der Waals surface area contributed by atoms with Crippen LogP contribution >= 0.6 is 15.9 Å². The predicted octanol–water partition coefficient (Wildman–Crippen LogP) is 6.36. The number of piperidine rings is 1. The van der Waals surface area contributed by atoms with Crippen LogP contribution in [0.4, 0.5) is 4.79 Å². The van der Waals surface area contributed by atoms with Gasteiger partial charge in [0.25, 0.3) is 0 Å². The third-order valence-corrected chi connectivity index (χ3v) is 9.49. The Kier molecular flexibility index (Phi) is 6.93. The molecule has 1 unspecified atom stereocenters. The molecule has 1 saturated carbocycles. The molecule has 0 bridgehead atoms. The minimum atomic E-state index is -0.986. The van der Waals surface area contributed by atoms with E-state index in [0.717, 1.165) is 31.2 Å². The van der Waals surface area contributed by atoms with Gasteiger partial charge in [0, 0.05) is 30.8 Å². The van der Waals surface area contributed by atoms with E-state index in [1.54, 1.807) is 6.20 Å². The van der Waals surface area contributed by atoms with Crippen molar-refractivity contribution in [1.29, 1.82) is 0 Å². The van der Waals surface area contributed by atoms with Crippen molar-refractivity contribution in [2.24, 2.45) is 5.41 Å². The summed E-state index contributed by atoms with van der Waals surface area (Å²) in [6.45, 7) is 1.18. The van der Waals surface area contributed by atoms with Gasteiger partial charge < -0.3 is 19.5 Å². The summed E-state index contributed by atoms with van der Waals surface area (Å²) in [5.41, 5.74) is 4.99. The highest BCUT2D eigenvalue weighted by atomic mass is 79.9. The fourth-order valence-electron chi connectivity index (χ4n) is 6.88. The molecule has 1 aromatic heterocycles. The van der Waals surface area contributed by atoms with Gasteiger partial charge in [-0.05, 0) is 81.8 Å². The van der Waals surface area contributed by atoms with Crippen molar-refractivity contribution < 1.29 is 24.2 Å². The molecule has 1 atom stereocenters. The zero-order valence-corrected chi connectivity index (χ0v) is 23.2. The number of aromatic nitrogens is 1. The van der Waals surface area contributed by atoms with Crippen molar-refractivity contribution in [3.63, 3.8) is 0 Å². The fraction of sp³-hybridized carbons (Fsp3) is 0.387. The van der Waals surface area contributed by atoms with Crippen LogP contribution in [0.5, 0.6) is 0 Å². The number of likely N-dealkylation sites (tertiary alicyclic amines) is 1. The lowest BCUT2D eigenvalue weighted by Crippen LogP contribution is -2.43. The van der Waals surface area contributed by atoms with Gasteiger partial charge in [-0.2, -0.15) is 0 Å². The average Bonchev–Trinajstić information content (AvgIpc) is 3.47. The Morgan fingerprint density at radius 2 is 1.62 bits per heavy atom. The lowest BCUT2D eigenvalue weighted by Gasteiger charge is -2.40. The molecule has 2 heterocycles. The maximum absolute atomic E-state index is 13.2. The number of nitrogens with zero attached hydrogens (tertiary/aromatic N) is 2. The second-order valence-corrected chi connectivity index (χ2v) is 11.7. The zero-order valence-electron chi connectivity index (χ0n) is 21.6. The molecule has 6 rings (SSSR count). The number of hydrogen-bond acceptors (Lipinski definition) is 5. The minimum Gasteiger partial charge on any atom is -0.480 e. The van der Waals surface area contributed by atoms with Crippen LogP contribution in [0.1, 0.15) is 54.7 Å². The van der Waals surface area contributed by atoms with Crippen molar-refractivity contribution in [3.8, 4) is 11.1 Å². The van der Waals surface area contributed by atoms with Crippen LogP contribution in [0.2, 0.25) is 0 Å². The topological polar surface area (TPSA) is 89.0 Å². The molecule has 7 nitrogen and oxygen atoms in total. The van der Waals surface area contributed by atoms with Crippen molar-refractivity contribution in [2.45, 2.75) is 43.6 Å². The Labute approximate surface area is 236 Å². The average molecular weight is 592 g/mol. The van der Waals surface area contributed by atoms with E-state index in [-0.39, 0.29) is 24.0 Å². The summed E-state index contributed by atoms with van der Waals surface area (Å²) in [5, 5.41) is 9.33. The molecule has 8 heteroatoms. The van der Waals surface area contributed by atoms with Gasteiger partial charge in [-0.15, -0.1) is 0 Å². The molecule has 2 fully saturated rings. The summed E-state index contributed by atoms with van der Waals surface area (Å²) >= 11 is 3.55. The molecule has 1 N–H and O–H groups in total. The number of amides is 1. The number of carbonyl (C=O) groups is 2. The third-order valence-electron chi connectivity index (χ3n) is 8.86. The highest BCUT2D eigenvalue weighted by molar-refractivity contribution is 9.10. The number of halogens is 1. The standard InChI is InChI=1S/C31H31BrN2O5/c32-28-26(10-5-15-33-28)31(39-19-27(35)36)12-11-30(20-31)13-16-34(17-14-30)29(37)38-18-25-23-8-3-1-6-21(23)22-7-2-4-9-24(22)25/h1-10,15,25H,11-14,16-20H2,(H,35,36). The molecular formula is C31H31BrN2O5. The molecule has 3 aliphatic rings. The van der Waals surface area contributed by atoms with Crippen molar-refractivity contribution in [2.75, 3.05) is 26.3 Å². The maximum atomic E-state index is 13.2. The van der Waals surface area contributed by atoms with Gasteiger partial charge in [-0.25, -0.2) is 14.6 Å². The molecule has 1 amide bonds. The molecule has 1 spiro atoms. The first-order valence-corrected chi connectivity index (χ1v) is 14.3. The maximum Gasteiger partial charge on any atom is 0.409 e. The van der Waals surface area contributed by atoms with E-state index in [4.69, 9.17) is 9.47 Å². The summed E-state index contributed by atoms with van der Waals surface area (Å²) in [6, 6.07) is 20.5. The van der Waals surface area contributed by atoms with Crippen LogP contribution in [0, 0.1) is 5.41 Å². The van der Waals surface area contributed by atoms with E-state index < -0.39 is 11.6 Å². The molecule has 1 saturated heterocycles. The van der Waals surface area contributed by atoms with Gasteiger partial charge in [0.15, 0.2) is 0 Å². The highest BCUT2D eigenvalue weighted by Crippen LogP contribution is 2.57. The highest BCUT2D eigenvalue weighted by Gasteiger charge is 2.52. The predicted molar refractivity (Wildman–Crippen MR) is 149 cm³/mol.